The molecule has 1 aromatic heterocycles. The van der Waals surface area contributed by atoms with Crippen LogP contribution >= 0.6 is 0 Å². The van der Waals surface area contributed by atoms with Crippen LogP contribution in [0.3, 0.4) is 0 Å². The second-order valence-corrected chi connectivity index (χ2v) is 5.82. The van der Waals surface area contributed by atoms with Crippen molar-refractivity contribution < 1.29 is 9.53 Å². The Morgan fingerprint density at radius 3 is 2.95 bits per heavy atom. The highest BCUT2D eigenvalue weighted by Crippen LogP contribution is 2.20. The van der Waals surface area contributed by atoms with E-state index in [4.69, 9.17) is 4.74 Å². The average Bonchev–Trinajstić information content (AvgIpc) is 2.90. The maximum absolute atomic E-state index is 12.9. The second kappa shape index (κ2) is 6.48. The van der Waals surface area contributed by atoms with E-state index in [2.05, 4.69) is 5.10 Å². The van der Waals surface area contributed by atoms with Crippen molar-refractivity contribution >= 4 is 16.8 Å². The summed E-state index contributed by atoms with van der Waals surface area (Å²) in [4.78, 5) is 14.7. The summed E-state index contributed by atoms with van der Waals surface area (Å²) in [6.45, 7) is 4.14. The van der Waals surface area contributed by atoms with E-state index in [0.717, 1.165) is 30.4 Å². The first-order valence-electron chi connectivity index (χ1n) is 8.03. The fraction of sp³-hybridized carbons (Fsp3) is 0.529. The molecular formula is C17H23N3O2. The van der Waals surface area contributed by atoms with Gasteiger partial charge in [0.25, 0.3) is 5.91 Å². The topological polar surface area (TPSA) is 47.4 Å². The van der Waals surface area contributed by atoms with Gasteiger partial charge in [-0.25, -0.2) is 0 Å². The van der Waals surface area contributed by atoms with Crippen LogP contribution in [0.2, 0.25) is 0 Å². The number of amides is 1. The fourth-order valence-electron chi connectivity index (χ4n) is 3.07. The van der Waals surface area contributed by atoms with Gasteiger partial charge >= 0.3 is 0 Å². The predicted molar refractivity (Wildman–Crippen MR) is 85.9 cm³/mol. The molecule has 1 aliphatic rings. The lowest BCUT2D eigenvalue weighted by Gasteiger charge is -2.28. The average molecular weight is 301 g/mol. The normalized spacial score (nSPS) is 18.5. The lowest BCUT2D eigenvalue weighted by atomic mass is 10.1. The predicted octanol–water partition coefficient (Wildman–Crippen LogP) is 2.60. The van der Waals surface area contributed by atoms with Crippen LogP contribution in [-0.2, 0) is 11.8 Å². The second-order valence-electron chi connectivity index (χ2n) is 5.82. The molecule has 0 spiro atoms. The highest BCUT2D eigenvalue weighted by Gasteiger charge is 2.24. The summed E-state index contributed by atoms with van der Waals surface area (Å²) >= 11 is 0. The Kier molecular flexibility index (Phi) is 4.43. The van der Waals surface area contributed by atoms with Crippen LogP contribution in [0.5, 0.6) is 0 Å². The number of rotatable bonds is 4. The number of carbonyl (C=O) groups excluding carboxylic acids is 1. The van der Waals surface area contributed by atoms with E-state index >= 15 is 0 Å². The van der Waals surface area contributed by atoms with Gasteiger partial charge in [0, 0.05) is 32.1 Å². The lowest BCUT2D eigenvalue weighted by molar-refractivity contribution is -0.00320. The monoisotopic (exact) mass is 301 g/mol. The first kappa shape index (κ1) is 15.0. The van der Waals surface area contributed by atoms with Crippen LogP contribution in [0.4, 0.5) is 0 Å². The highest BCUT2D eigenvalue weighted by atomic mass is 16.5. The van der Waals surface area contributed by atoms with Crippen molar-refractivity contribution in [2.24, 2.45) is 7.05 Å². The molecule has 5 heteroatoms. The summed E-state index contributed by atoms with van der Waals surface area (Å²) in [7, 11) is 1.87. The third-order valence-electron chi connectivity index (χ3n) is 4.33. The van der Waals surface area contributed by atoms with Gasteiger partial charge in [0.2, 0.25) is 0 Å². The van der Waals surface area contributed by atoms with E-state index < -0.39 is 0 Å². The maximum Gasteiger partial charge on any atom is 0.275 e. The first-order chi connectivity index (χ1) is 10.7. The van der Waals surface area contributed by atoms with Gasteiger partial charge in [0.1, 0.15) is 0 Å². The largest absolute Gasteiger partial charge is 0.376 e. The molecule has 1 atom stereocenters. The van der Waals surface area contributed by atoms with E-state index in [1.807, 2.05) is 43.1 Å². The fourth-order valence-corrected chi connectivity index (χ4v) is 3.07. The van der Waals surface area contributed by atoms with E-state index in [0.29, 0.717) is 18.8 Å². The van der Waals surface area contributed by atoms with Gasteiger partial charge in [-0.05, 0) is 32.3 Å². The molecule has 118 valence electrons. The number of aryl methyl sites for hydroxylation is 1. The number of carbonyl (C=O) groups is 1. The number of nitrogens with zero attached hydrogens (tertiary/aromatic N) is 3. The quantitative estimate of drug-likeness (QED) is 0.872. The van der Waals surface area contributed by atoms with E-state index in [1.165, 1.54) is 6.42 Å². The van der Waals surface area contributed by atoms with Crippen LogP contribution in [0.1, 0.15) is 36.7 Å². The number of hydrogen-bond acceptors (Lipinski definition) is 3. The van der Waals surface area contributed by atoms with Crippen molar-refractivity contribution in [3.05, 3.63) is 30.0 Å². The van der Waals surface area contributed by atoms with Crippen molar-refractivity contribution in [3.63, 3.8) is 0 Å². The molecule has 0 bridgehead atoms. The van der Waals surface area contributed by atoms with Crippen LogP contribution in [0.15, 0.2) is 24.3 Å². The molecule has 5 nitrogen and oxygen atoms in total. The van der Waals surface area contributed by atoms with Gasteiger partial charge < -0.3 is 9.64 Å². The van der Waals surface area contributed by atoms with Crippen LogP contribution < -0.4 is 0 Å². The SMILES string of the molecule is CCN(C[C@H]1CCCCO1)C(=O)c1nn(C)c2ccccc12. The van der Waals surface area contributed by atoms with Gasteiger partial charge in [-0.1, -0.05) is 18.2 Å². The molecule has 0 unspecified atom stereocenters. The minimum atomic E-state index is -0.00604. The van der Waals surface area contributed by atoms with E-state index in [9.17, 15) is 4.79 Å². The van der Waals surface area contributed by atoms with Crippen molar-refractivity contribution in [1.82, 2.24) is 14.7 Å². The molecule has 3 rings (SSSR count). The Balaban J connectivity index is 1.83. The minimum Gasteiger partial charge on any atom is -0.376 e. The zero-order valence-electron chi connectivity index (χ0n) is 13.3. The van der Waals surface area contributed by atoms with Crippen molar-refractivity contribution in [2.45, 2.75) is 32.3 Å². The highest BCUT2D eigenvalue weighted by molar-refractivity contribution is 6.04. The molecule has 1 aromatic carbocycles. The molecule has 0 N–H and O–H groups in total. The molecular weight excluding hydrogens is 278 g/mol. The molecule has 2 heterocycles. The standard InChI is InChI=1S/C17H23N3O2/c1-3-20(12-13-8-6-7-11-22-13)17(21)16-14-9-4-5-10-15(14)19(2)18-16/h4-5,9-10,13H,3,6-8,11-12H2,1-2H3/t13-/m1/s1. The number of benzene rings is 1. The minimum absolute atomic E-state index is 0.00604. The molecule has 1 aliphatic heterocycles. The molecule has 1 amide bonds. The summed E-state index contributed by atoms with van der Waals surface area (Å²) in [5, 5.41) is 5.35. The Morgan fingerprint density at radius 1 is 1.41 bits per heavy atom. The van der Waals surface area contributed by atoms with Crippen LogP contribution in [-0.4, -0.2) is 46.4 Å². The maximum atomic E-state index is 12.9. The smallest absolute Gasteiger partial charge is 0.275 e. The van der Waals surface area contributed by atoms with E-state index in [1.54, 1.807) is 4.68 Å². The molecule has 1 saturated heterocycles. The summed E-state index contributed by atoms with van der Waals surface area (Å²) in [6, 6.07) is 7.85. The zero-order valence-corrected chi connectivity index (χ0v) is 13.3. The van der Waals surface area contributed by atoms with Crippen molar-refractivity contribution in [1.29, 1.82) is 0 Å². The van der Waals surface area contributed by atoms with Gasteiger partial charge in [0.05, 0.1) is 11.6 Å². The van der Waals surface area contributed by atoms with Crippen LogP contribution in [0, 0.1) is 0 Å². The first-order valence-corrected chi connectivity index (χ1v) is 8.03. The lowest BCUT2D eigenvalue weighted by Crippen LogP contribution is -2.39. The van der Waals surface area contributed by atoms with Gasteiger partial charge in [0.15, 0.2) is 5.69 Å². The summed E-state index contributed by atoms with van der Waals surface area (Å²) in [6.07, 6.45) is 3.50. The number of para-hydroxylation sites is 1. The van der Waals surface area contributed by atoms with Gasteiger partial charge in [-0.15, -0.1) is 0 Å². The molecule has 22 heavy (non-hydrogen) atoms. The number of aromatic nitrogens is 2. The molecule has 0 aliphatic carbocycles. The molecule has 0 saturated carbocycles. The van der Waals surface area contributed by atoms with Crippen LogP contribution in [0.25, 0.3) is 10.9 Å². The molecule has 1 fully saturated rings. The molecule has 0 radical (unpaired) electrons. The summed E-state index contributed by atoms with van der Waals surface area (Å²) < 4.78 is 7.54. The Bertz CT molecular complexity index is 659. The van der Waals surface area contributed by atoms with Crippen molar-refractivity contribution in [2.75, 3.05) is 19.7 Å². The number of fused-ring (bicyclic) bond motifs is 1. The molecule has 2 aromatic rings. The Hall–Kier alpha value is -1.88. The summed E-state index contributed by atoms with van der Waals surface area (Å²) in [5.41, 5.74) is 1.52. The zero-order chi connectivity index (χ0) is 15.5. The van der Waals surface area contributed by atoms with E-state index in [-0.39, 0.29) is 12.0 Å². The Labute approximate surface area is 130 Å². The number of likely N-dealkylation sites (N-methyl/N-ethyl adjacent to an activating group) is 1. The van der Waals surface area contributed by atoms with Gasteiger partial charge in [-0.2, -0.15) is 5.10 Å². The third kappa shape index (κ3) is 2.86. The third-order valence-corrected chi connectivity index (χ3v) is 4.33. The Morgan fingerprint density at radius 2 is 2.23 bits per heavy atom. The van der Waals surface area contributed by atoms with Crippen molar-refractivity contribution in [3.8, 4) is 0 Å². The number of ether oxygens (including phenoxy) is 1. The van der Waals surface area contributed by atoms with Gasteiger partial charge in [-0.3, -0.25) is 9.48 Å². The summed E-state index contributed by atoms with van der Waals surface area (Å²) in [5.74, 6) is -0.00604. The number of hydrogen-bond donors (Lipinski definition) is 0.